The average molecular weight is 315 g/mol. The lowest BCUT2D eigenvalue weighted by Gasteiger charge is -2.04. The molecule has 0 fully saturated rings. The molecule has 100 valence electrons. The van der Waals surface area contributed by atoms with E-state index in [2.05, 4.69) is 23.3 Å². The van der Waals surface area contributed by atoms with Gasteiger partial charge in [0.2, 0.25) is 0 Å². The number of amides is 1. The van der Waals surface area contributed by atoms with Crippen LogP contribution in [0.3, 0.4) is 0 Å². The molecule has 0 radical (unpaired) electrons. The number of aromatic nitrogens is 1. The first-order valence-corrected chi connectivity index (χ1v) is 7.34. The number of aryl methyl sites for hydroxylation is 1. The Morgan fingerprint density at radius 3 is 2.74 bits per heavy atom. The van der Waals surface area contributed by atoms with Crippen LogP contribution in [-0.4, -0.2) is 10.9 Å². The van der Waals surface area contributed by atoms with Gasteiger partial charge < -0.3 is 5.32 Å². The largest absolute Gasteiger partial charge is 0.347 e. The first-order chi connectivity index (χ1) is 9.10. The van der Waals surface area contributed by atoms with Crippen molar-refractivity contribution in [2.75, 3.05) is 0 Å². The number of nitrogens with one attached hydrogen (secondary N) is 1. The molecule has 2 aromatic rings. The van der Waals surface area contributed by atoms with Crippen molar-refractivity contribution < 1.29 is 4.79 Å². The predicted molar refractivity (Wildman–Crippen MR) is 79.1 cm³/mol. The van der Waals surface area contributed by atoms with Crippen molar-refractivity contribution in [2.24, 2.45) is 0 Å². The number of pyridine rings is 1. The van der Waals surface area contributed by atoms with Gasteiger partial charge in [-0.3, -0.25) is 4.79 Å². The van der Waals surface area contributed by atoms with Gasteiger partial charge >= 0.3 is 0 Å². The van der Waals surface area contributed by atoms with Gasteiger partial charge in [-0.05, 0) is 24.6 Å². The Kier molecular flexibility index (Phi) is 4.80. The molecule has 0 aliphatic rings. The topological polar surface area (TPSA) is 42.0 Å². The lowest BCUT2D eigenvalue weighted by atomic mass is 10.2. The molecule has 0 saturated carbocycles. The Morgan fingerprint density at radius 1 is 1.37 bits per heavy atom. The number of halogens is 2. The second-order valence-corrected chi connectivity index (χ2v) is 5.92. The van der Waals surface area contributed by atoms with E-state index in [-0.39, 0.29) is 16.1 Å². The molecule has 0 spiro atoms. The summed E-state index contributed by atoms with van der Waals surface area (Å²) in [7, 11) is 0. The van der Waals surface area contributed by atoms with E-state index in [1.165, 1.54) is 17.1 Å². The predicted octanol–water partition coefficient (Wildman–Crippen LogP) is 3.94. The molecule has 0 saturated heterocycles. The molecule has 19 heavy (non-hydrogen) atoms. The summed E-state index contributed by atoms with van der Waals surface area (Å²) in [6, 6.07) is 5.61. The van der Waals surface area contributed by atoms with Crippen molar-refractivity contribution in [1.29, 1.82) is 0 Å². The summed E-state index contributed by atoms with van der Waals surface area (Å²) in [5, 5.41) is 3.30. The third-order valence-electron chi connectivity index (χ3n) is 2.55. The Morgan fingerprint density at radius 2 is 2.11 bits per heavy atom. The van der Waals surface area contributed by atoms with Crippen LogP contribution in [0.15, 0.2) is 24.4 Å². The Hall–Kier alpha value is -1.10. The van der Waals surface area contributed by atoms with Crippen molar-refractivity contribution in [3.05, 3.63) is 49.9 Å². The van der Waals surface area contributed by atoms with E-state index >= 15 is 0 Å². The number of carbonyl (C=O) groups is 1. The smallest absolute Gasteiger partial charge is 0.253 e. The molecule has 0 bridgehead atoms. The van der Waals surface area contributed by atoms with E-state index < -0.39 is 0 Å². The van der Waals surface area contributed by atoms with E-state index in [4.69, 9.17) is 23.2 Å². The average Bonchev–Trinajstić information content (AvgIpc) is 2.87. The van der Waals surface area contributed by atoms with Gasteiger partial charge in [-0.25, -0.2) is 4.98 Å². The Bertz CT molecular complexity index is 598. The van der Waals surface area contributed by atoms with Crippen LogP contribution >= 0.6 is 34.5 Å². The van der Waals surface area contributed by atoms with Crippen LogP contribution in [0.2, 0.25) is 10.2 Å². The number of hydrogen-bond acceptors (Lipinski definition) is 3. The fraction of sp³-hybridized carbons (Fsp3) is 0.231. The van der Waals surface area contributed by atoms with Gasteiger partial charge in [0.1, 0.15) is 5.15 Å². The monoisotopic (exact) mass is 314 g/mol. The molecule has 0 atom stereocenters. The molecular formula is C13H12Cl2N2OS. The van der Waals surface area contributed by atoms with E-state index in [1.807, 2.05) is 6.07 Å². The number of hydrogen-bond donors (Lipinski definition) is 1. The first-order valence-electron chi connectivity index (χ1n) is 5.77. The molecule has 2 aromatic heterocycles. The Balaban J connectivity index is 1.99. The molecule has 3 nitrogen and oxygen atoms in total. The Labute approximate surface area is 125 Å². The van der Waals surface area contributed by atoms with E-state index in [0.717, 1.165) is 11.3 Å². The summed E-state index contributed by atoms with van der Waals surface area (Å²) in [5.41, 5.74) is 0.404. The molecule has 1 amide bonds. The highest BCUT2D eigenvalue weighted by Crippen LogP contribution is 2.20. The first kappa shape index (κ1) is 14.3. The summed E-state index contributed by atoms with van der Waals surface area (Å²) >= 11 is 13.2. The van der Waals surface area contributed by atoms with Gasteiger partial charge in [-0.1, -0.05) is 30.1 Å². The lowest BCUT2D eigenvalue weighted by molar-refractivity contribution is 0.0951. The number of nitrogens with zero attached hydrogens (tertiary/aromatic N) is 1. The molecule has 2 rings (SSSR count). The van der Waals surface area contributed by atoms with Crippen LogP contribution in [0.25, 0.3) is 0 Å². The molecule has 2 heterocycles. The van der Waals surface area contributed by atoms with Gasteiger partial charge in [0, 0.05) is 16.0 Å². The van der Waals surface area contributed by atoms with Gasteiger partial charge in [0.05, 0.1) is 17.1 Å². The molecule has 0 aliphatic carbocycles. The fourth-order valence-electron chi connectivity index (χ4n) is 1.52. The minimum absolute atomic E-state index is 0.198. The molecule has 1 N–H and O–H groups in total. The SMILES string of the molecule is CCc1ccc(CNC(=O)c2cnc(Cl)c(Cl)c2)s1. The second-order valence-electron chi connectivity index (χ2n) is 3.90. The molecule has 0 aromatic carbocycles. The molecule has 6 heteroatoms. The van der Waals surface area contributed by atoms with Gasteiger partial charge in [-0.15, -0.1) is 11.3 Å². The van der Waals surface area contributed by atoms with Crippen LogP contribution in [0.5, 0.6) is 0 Å². The van der Waals surface area contributed by atoms with Crippen molar-refractivity contribution in [2.45, 2.75) is 19.9 Å². The van der Waals surface area contributed by atoms with Crippen molar-refractivity contribution >= 4 is 40.4 Å². The lowest BCUT2D eigenvalue weighted by Crippen LogP contribution is -2.22. The van der Waals surface area contributed by atoms with Crippen molar-refractivity contribution in [1.82, 2.24) is 10.3 Å². The highest BCUT2D eigenvalue weighted by molar-refractivity contribution is 7.11. The van der Waals surface area contributed by atoms with E-state index in [0.29, 0.717) is 12.1 Å². The number of rotatable bonds is 4. The van der Waals surface area contributed by atoms with Crippen LogP contribution < -0.4 is 5.32 Å². The van der Waals surface area contributed by atoms with Crippen molar-refractivity contribution in [3.8, 4) is 0 Å². The fourth-order valence-corrected chi connectivity index (χ4v) is 2.69. The third kappa shape index (κ3) is 3.69. The maximum atomic E-state index is 11.9. The highest BCUT2D eigenvalue weighted by Gasteiger charge is 2.09. The normalized spacial score (nSPS) is 10.5. The van der Waals surface area contributed by atoms with Crippen LogP contribution in [0, 0.1) is 0 Å². The summed E-state index contributed by atoms with van der Waals surface area (Å²) in [6.07, 6.45) is 2.42. The van der Waals surface area contributed by atoms with Crippen molar-refractivity contribution in [3.63, 3.8) is 0 Å². The molecule has 0 unspecified atom stereocenters. The van der Waals surface area contributed by atoms with E-state index in [1.54, 1.807) is 11.3 Å². The highest BCUT2D eigenvalue weighted by atomic mass is 35.5. The van der Waals surface area contributed by atoms with Gasteiger partial charge in [-0.2, -0.15) is 0 Å². The molecule has 0 aliphatic heterocycles. The summed E-state index contributed by atoms with van der Waals surface area (Å²) in [6.45, 7) is 2.61. The van der Waals surface area contributed by atoms with Crippen LogP contribution in [0.1, 0.15) is 27.0 Å². The zero-order chi connectivity index (χ0) is 13.8. The zero-order valence-electron chi connectivity index (χ0n) is 10.2. The zero-order valence-corrected chi connectivity index (χ0v) is 12.6. The summed E-state index contributed by atoms with van der Waals surface area (Å²) < 4.78 is 0. The van der Waals surface area contributed by atoms with Gasteiger partial charge in [0.15, 0.2) is 0 Å². The minimum Gasteiger partial charge on any atom is -0.347 e. The standard InChI is InChI=1S/C13H12Cl2N2OS/c1-2-9-3-4-10(19-9)7-17-13(18)8-5-11(14)12(15)16-6-8/h3-6H,2,7H2,1H3,(H,17,18). The maximum absolute atomic E-state index is 11.9. The number of carbonyl (C=O) groups excluding carboxylic acids is 1. The second kappa shape index (κ2) is 6.37. The third-order valence-corrected chi connectivity index (χ3v) is 4.46. The summed E-state index contributed by atoms with van der Waals surface area (Å²) in [4.78, 5) is 18.2. The van der Waals surface area contributed by atoms with Crippen LogP contribution in [0.4, 0.5) is 0 Å². The maximum Gasteiger partial charge on any atom is 0.253 e. The number of thiophene rings is 1. The summed E-state index contributed by atoms with van der Waals surface area (Å²) in [5.74, 6) is -0.211. The quantitative estimate of drug-likeness (QED) is 0.868. The minimum atomic E-state index is -0.211. The van der Waals surface area contributed by atoms with Crippen LogP contribution in [-0.2, 0) is 13.0 Å². The van der Waals surface area contributed by atoms with Gasteiger partial charge in [0.25, 0.3) is 5.91 Å². The molecular weight excluding hydrogens is 303 g/mol. The van der Waals surface area contributed by atoms with E-state index in [9.17, 15) is 4.79 Å².